The van der Waals surface area contributed by atoms with Crippen LogP contribution in [0.2, 0.25) is 5.02 Å². The first-order chi connectivity index (χ1) is 12.3. The molecule has 1 aromatic carbocycles. The van der Waals surface area contributed by atoms with Crippen LogP contribution >= 0.6 is 23.8 Å². The summed E-state index contributed by atoms with van der Waals surface area (Å²) in [5.74, 6) is 0.226. The number of carbonyl (C=O) groups is 2. The summed E-state index contributed by atoms with van der Waals surface area (Å²) in [7, 11) is 0. The van der Waals surface area contributed by atoms with Gasteiger partial charge in [0.05, 0.1) is 16.4 Å². The summed E-state index contributed by atoms with van der Waals surface area (Å²) in [6.45, 7) is 8.20. The van der Waals surface area contributed by atoms with Crippen LogP contribution in [0.15, 0.2) is 18.2 Å². The van der Waals surface area contributed by atoms with E-state index in [0.717, 1.165) is 11.4 Å². The number of amides is 2. The number of para-hydroxylation sites is 1. The highest BCUT2D eigenvalue weighted by atomic mass is 35.5. The van der Waals surface area contributed by atoms with Gasteiger partial charge < -0.3 is 20.4 Å². The zero-order chi connectivity index (χ0) is 19.3. The second-order valence-electron chi connectivity index (χ2n) is 6.73. The first kappa shape index (κ1) is 20.5. The predicted molar refractivity (Wildman–Crippen MR) is 110 cm³/mol. The monoisotopic (exact) mass is 396 g/mol. The molecule has 1 heterocycles. The van der Waals surface area contributed by atoms with Crippen LogP contribution in [-0.2, 0) is 9.59 Å². The first-order valence-corrected chi connectivity index (χ1v) is 9.46. The molecule has 0 aliphatic carbocycles. The molecule has 2 amide bonds. The number of hydrogen-bond acceptors (Lipinski definition) is 4. The van der Waals surface area contributed by atoms with Crippen LogP contribution in [0, 0.1) is 5.92 Å². The highest BCUT2D eigenvalue weighted by molar-refractivity contribution is 7.80. The average Bonchev–Trinajstić information content (AvgIpc) is 2.54. The van der Waals surface area contributed by atoms with E-state index in [1.54, 1.807) is 6.92 Å². The molecule has 1 aliphatic heterocycles. The molecule has 0 bridgehead atoms. The number of carbonyl (C=O) groups excluding carboxylic acids is 2. The van der Waals surface area contributed by atoms with Crippen LogP contribution in [0.4, 0.5) is 11.4 Å². The molecule has 1 fully saturated rings. The zero-order valence-corrected chi connectivity index (χ0v) is 16.9. The highest BCUT2D eigenvalue weighted by Gasteiger charge is 2.23. The number of halogens is 1. The number of anilines is 2. The van der Waals surface area contributed by atoms with Crippen molar-refractivity contribution in [2.45, 2.75) is 27.2 Å². The lowest BCUT2D eigenvalue weighted by Crippen LogP contribution is -2.48. The van der Waals surface area contributed by atoms with Crippen LogP contribution in [-0.4, -0.2) is 48.0 Å². The second kappa shape index (κ2) is 9.19. The molecule has 0 saturated carbocycles. The van der Waals surface area contributed by atoms with Gasteiger partial charge in [0.2, 0.25) is 11.8 Å². The van der Waals surface area contributed by atoms with Crippen LogP contribution in [0.1, 0.15) is 27.2 Å². The van der Waals surface area contributed by atoms with Gasteiger partial charge in [0.15, 0.2) is 5.11 Å². The molecular weight excluding hydrogens is 372 g/mol. The lowest BCUT2D eigenvalue weighted by Gasteiger charge is -2.37. The van der Waals surface area contributed by atoms with E-state index in [9.17, 15) is 9.59 Å². The van der Waals surface area contributed by atoms with Gasteiger partial charge in [-0.25, -0.2) is 0 Å². The van der Waals surface area contributed by atoms with Crippen LogP contribution in [0.5, 0.6) is 0 Å². The third kappa shape index (κ3) is 5.57. The number of nitrogens with zero attached hydrogens (tertiary/aromatic N) is 2. The Morgan fingerprint density at radius 3 is 2.46 bits per heavy atom. The number of hydrogen-bond donors (Lipinski definition) is 2. The van der Waals surface area contributed by atoms with E-state index in [1.807, 2.05) is 36.9 Å². The molecule has 1 aromatic rings. The van der Waals surface area contributed by atoms with Gasteiger partial charge in [0, 0.05) is 39.5 Å². The van der Waals surface area contributed by atoms with Crippen molar-refractivity contribution in [3.63, 3.8) is 0 Å². The van der Waals surface area contributed by atoms with Gasteiger partial charge in [0.1, 0.15) is 0 Å². The molecule has 0 radical (unpaired) electrons. The quantitative estimate of drug-likeness (QED) is 0.766. The van der Waals surface area contributed by atoms with Crippen molar-refractivity contribution < 1.29 is 9.59 Å². The van der Waals surface area contributed by atoms with Crippen LogP contribution < -0.4 is 15.5 Å². The van der Waals surface area contributed by atoms with Crippen molar-refractivity contribution >= 4 is 52.1 Å². The van der Waals surface area contributed by atoms with Crippen molar-refractivity contribution in [1.82, 2.24) is 10.2 Å². The average molecular weight is 397 g/mol. The topological polar surface area (TPSA) is 64.7 Å². The molecule has 26 heavy (non-hydrogen) atoms. The fourth-order valence-electron chi connectivity index (χ4n) is 2.88. The lowest BCUT2D eigenvalue weighted by atomic mass is 10.1. The van der Waals surface area contributed by atoms with E-state index < -0.39 is 0 Å². The maximum Gasteiger partial charge on any atom is 0.226 e. The molecule has 2 N–H and O–H groups in total. The summed E-state index contributed by atoms with van der Waals surface area (Å²) >= 11 is 11.7. The van der Waals surface area contributed by atoms with Crippen molar-refractivity contribution in [2.24, 2.45) is 5.92 Å². The Kier molecular flexibility index (Phi) is 7.23. The molecule has 142 valence electrons. The normalized spacial score (nSPS) is 14.3. The van der Waals surface area contributed by atoms with Gasteiger partial charge in [-0.2, -0.15) is 0 Å². The Balaban J connectivity index is 2.08. The Morgan fingerprint density at radius 1 is 1.23 bits per heavy atom. The van der Waals surface area contributed by atoms with Gasteiger partial charge in [-0.1, -0.05) is 31.5 Å². The largest absolute Gasteiger partial charge is 0.365 e. The van der Waals surface area contributed by atoms with E-state index >= 15 is 0 Å². The summed E-state index contributed by atoms with van der Waals surface area (Å²) < 4.78 is 0. The smallest absolute Gasteiger partial charge is 0.226 e. The maximum atomic E-state index is 11.9. The molecule has 1 aliphatic rings. The minimum absolute atomic E-state index is 0.0798. The summed E-state index contributed by atoms with van der Waals surface area (Å²) in [4.78, 5) is 27.4. The Morgan fingerprint density at radius 2 is 1.88 bits per heavy atom. The number of piperazine rings is 1. The van der Waals surface area contributed by atoms with Gasteiger partial charge in [-0.05, 0) is 30.3 Å². The molecule has 0 atom stereocenters. The van der Waals surface area contributed by atoms with Gasteiger partial charge in [-0.15, -0.1) is 0 Å². The molecule has 2 rings (SSSR count). The van der Waals surface area contributed by atoms with Crippen LogP contribution in [0.25, 0.3) is 0 Å². The molecule has 0 spiro atoms. The van der Waals surface area contributed by atoms with Crippen molar-refractivity contribution in [2.75, 3.05) is 36.4 Å². The minimum atomic E-state index is -0.115. The number of benzene rings is 1. The Labute approximate surface area is 164 Å². The van der Waals surface area contributed by atoms with Gasteiger partial charge in [0.25, 0.3) is 0 Å². The van der Waals surface area contributed by atoms with E-state index in [1.165, 1.54) is 0 Å². The molecule has 0 unspecified atom stereocenters. The summed E-state index contributed by atoms with van der Waals surface area (Å²) in [5, 5.41) is 6.63. The van der Waals surface area contributed by atoms with E-state index in [0.29, 0.717) is 37.6 Å². The first-order valence-electron chi connectivity index (χ1n) is 8.67. The SMILES string of the molecule is CC(=O)N1CCN(c2c(Cl)cccc2NC(=S)NC(=O)CC(C)C)CC1. The zero-order valence-electron chi connectivity index (χ0n) is 15.3. The van der Waals surface area contributed by atoms with Crippen molar-refractivity contribution in [3.8, 4) is 0 Å². The fourth-order valence-corrected chi connectivity index (χ4v) is 3.40. The van der Waals surface area contributed by atoms with Crippen molar-refractivity contribution in [3.05, 3.63) is 23.2 Å². The fraction of sp³-hybridized carbons (Fsp3) is 0.500. The standard InChI is InChI=1S/C18H25ClN4O2S/c1-12(2)11-16(25)21-18(26)20-15-6-4-5-14(19)17(15)23-9-7-22(8-10-23)13(3)24/h4-6,12H,7-11H2,1-3H3,(H2,20,21,25,26). The molecule has 1 saturated heterocycles. The van der Waals surface area contributed by atoms with E-state index in [2.05, 4.69) is 15.5 Å². The number of thiocarbonyl (C=S) groups is 1. The van der Waals surface area contributed by atoms with Crippen LogP contribution in [0.3, 0.4) is 0 Å². The van der Waals surface area contributed by atoms with Crippen molar-refractivity contribution in [1.29, 1.82) is 0 Å². The Hall–Kier alpha value is -1.86. The molecule has 8 heteroatoms. The molecule has 0 aromatic heterocycles. The number of rotatable bonds is 4. The third-order valence-electron chi connectivity index (χ3n) is 4.12. The summed E-state index contributed by atoms with van der Waals surface area (Å²) in [6, 6.07) is 5.53. The summed E-state index contributed by atoms with van der Waals surface area (Å²) in [6.07, 6.45) is 0.414. The van der Waals surface area contributed by atoms with Gasteiger partial charge in [-0.3, -0.25) is 9.59 Å². The second-order valence-corrected chi connectivity index (χ2v) is 7.54. The van der Waals surface area contributed by atoms with E-state index in [4.69, 9.17) is 23.8 Å². The molecule has 6 nitrogen and oxygen atoms in total. The minimum Gasteiger partial charge on any atom is -0.365 e. The number of nitrogens with one attached hydrogen (secondary N) is 2. The predicted octanol–water partition coefficient (Wildman–Crippen LogP) is 2.87. The van der Waals surface area contributed by atoms with E-state index in [-0.39, 0.29) is 22.8 Å². The molecular formula is C18H25ClN4O2S. The van der Waals surface area contributed by atoms with Gasteiger partial charge >= 0.3 is 0 Å². The maximum absolute atomic E-state index is 11.9. The lowest BCUT2D eigenvalue weighted by molar-refractivity contribution is -0.129. The highest BCUT2D eigenvalue weighted by Crippen LogP contribution is 2.34. The summed E-state index contributed by atoms with van der Waals surface area (Å²) in [5.41, 5.74) is 1.57. The third-order valence-corrected chi connectivity index (χ3v) is 4.63. The Bertz CT molecular complexity index is 688.